The highest BCUT2D eigenvalue weighted by molar-refractivity contribution is 7.98. The van der Waals surface area contributed by atoms with Crippen LogP contribution in [0.1, 0.15) is 133 Å². The SMILES string of the molecule is C=CCOC12Oc3ccc(Oc4ccc(SC)cc4)cc3C3C(CCCCO)C(CCCCO)C=C(C(=NOC)CC1N(Cc1ccc(F)cc1)C(=O)CCCCCCCCCCC)C32. The second-order valence-electron chi connectivity index (χ2n) is 18.0. The summed E-state index contributed by atoms with van der Waals surface area (Å²) < 4.78 is 35.5. The molecule has 1 aliphatic heterocycles. The average molecular weight is 913 g/mol. The Morgan fingerprint density at radius 3 is 2.25 bits per heavy atom. The lowest BCUT2D eigenvalue weighted by molar-refractivity contribution is -0.258. The van der Waals surface area contributed by atoms with Gasteiger partial charge in [0.1, 0.15) is 36.2 Å². The molecule has 0 radical (unpaired) electrons. The van der Waals surface area contributed by atoms with Crippen molar-refractivity contribution in [2.75, 3.05) is 33.2 Å². The maximum absolute atomic E-state index is 15.0. The van der Waals surface area contributed by atoms with Crippen molar-refractivity contribution < 1.29 is 38.4 Å². The molecule has 6 rings (SSSR count). The van der Waals surface area contributed by atoms with Crippen molar-refractivity contribution in [1.82, 2.24) is 4.90 Å². The van der Waals surface area contributed by atoms with Crippen molar-refractivity contribution in [3.8, 4) is 17.2 Å². The van der Waals surface area contributed by atoms with E-state index in [-0.39, 0.29) is 55.8 Å². The van der Waals surface area contributed by atoms with Crippen LogP contribution in [-0.2, 0) is 20.9 Å². The third-order valence-corrected chi connectivity index (χ3v) is 14.3. The molecule has 0 aromatic heterocycles. The Morgan fingerprint density at radius 1 is 0.908 bits per heavy atom. The van der Waals surface area contributed by atoms with E-state index in [1.807, 2.05) is 47.6 Å². The van der Waals surface area contributed by atoms with Crippen LogP contribution in [0, 0.1) is 23.6 Å². The number of aliphatic hydroxyl groups is 2. The molecular formula is C54H73FN2O7S. The van der Waals surface area contributed by atoms with Gasteiger partial charge >= 0.3 is 0 Å². The summed E-state index contributed by atoms with van der Waals surface area (Å²) in [6.45, 7) is 6.91. The van der Waals surface area contributed by atoms with E-state index in [0.717, 1.165) is 84.4 Å². The second kappa shape index (κ2) is 25.7. The predicted octanol–water partition coefficient (Wildman–Crippen LogP) is 12.6. The first kappa shape index (κ1) is 50.3. The summed E-state index contributed by atoms with van der Waals surface area (Å²) in [4.78, 5) is 23.7. The van der Waals surface area contributed by atoms with E-state index in [1.54, 1.807) is 37.1 Å². The largest absolute Gasteiger partial charge is 0.459 e. The number of carbonyl (C=O) groups excluding carboxylic acids is 1. The standard InChI is InChI=1S/C54H73FN2O7S/c1-5-7-8-9-10-11-12-13-14-21-51(60)57(38-39-22-24-41(55)25-23-39)50-37-48(56-61-3)46-35-40(19-15-17-32-58)45(20-16-18-33-59)52-47-36-43(63-42-26-29-44(65-4)30-27-42)28-31-49(47)64-54(50,53(46)52)62-34-6-2/h6,22-31,35-36,40,45,50,52-53,58-59H,2,5,7-21,32-34,37-38H2,1,3-4H3. The molecule has 65 heavy (non-hydrogen) atoms. The number of fused-ring (bicyclic) bond motifs is 2. The third-order valence-electron chi connectivity index (χ3n) is 13.6. The number of benzene rings is 3. The first-order chi connectivity index (χ1) is 31.8. The fourth-order valence-electron chi connectivity index (χ4n) is 10.5. The smallest absolute Gasteiger partial charge is 0.239 e. The summed E-state index contributed by atoms with van der Waals surface area (Å²) in [6, 6.07) is 19.8. The Balaban J connectivity index is 1.48. The lowest BCUT2D eigenvalue weighted by atomic mass is 9.55. The number of ether oxygens (including phenoxy) is 3. The number of thioether (sulfide) groups is 1. The van der Waals surface area contributed by atoms with Crippen LogP contribution in [0.3, 0.4) is 0 Å². The van der Waals surface area contributed by atoms with E-state index in [1.165, 1.54) is 44.2 Å². The van der Waals surface area contributed by atoms with Crippen LogP contribution in [0.5, 0.6) is 17.2 Å². The first-order valence-electron chi connectivity index (χ1n) is 24.3. The molecule has 354 valence electrons. The maximum atomic E-state index is 15.0. The van der Waals surface area contributed by atoms with E-state index < -0.39 is 17.7 Å². The van der Waals surface area contributed by atoms with Gasteiger partial charge in [0, 0.05) is 49.0 Å². The van der Waals surface area contributed by atoms with Gasteiger partial charge in [-0.2, -0.15) is 0 Å². The van der Waals surface area contributed by atoms with Crippen molar-refractivity contribution in [2.45, 2.75) is 145 Å². The fourth-order valence-corrected chi connectivity index (χ4v) is 10.9. The minimum absolute atomic E-state index is 0.0209. The van der Waals surface area contributed by atoms with Crippen molar-refractivity contribution in [1.29, 1.82) is 0 Å². The Bertz CT molecular complexity index is 2010. The molecule has 6 unspecified atom stereocenters. The molecule has 0 saturated heterocycles. The fraction of sp³-hybridized carbons (Fsp3) is 0.556. The molecule has 3 aliphatic rings. The molecule has 0 bridgehead atoms. The average Bonchev–Trinajstić information content (AvgIpc) is 3.32. The molecule has 2 N–H and O–H groups in total. The number of nitrogens with zero attached hydrogens (tertiary/aromatic N) is 2. The van der Waals surface area contributed by atoms with Gasteiger partial charge in [-0.1, -0.05) is 101 Å². The lowest BCUT2D eigenvalue weighted by Gasteiger charge is -2.60. The van der Waals surface area contributed by atoms with E-state index in [9.17, 15) is 14.6 Å². The van der Waals surface area contributed by atoms with E-state index >= 15 is 4.79 Å². The van der Waals surface area contributed by atoms with Gasteiger partial charge in [-0.25, -0.2) is 4.39 Å². The van der Waals surface area contributed by atoms with Crippen LogP contribution >= 0.6 is 11.8 Å². The van der Waals surface area contributed by atoms with Gasteiger partial charge in [0.2, 0.25) is 11.7 Å². The highest BCUT2D eigenvalue weighted by Gasteiger charge is 2.65. The lowest BCUT2D eigenvalue weighted by Crippen LogP contribution is -2.70. The number of amides is 1. The molecule has 3 aromatic carbocycles. The summed E-state index contributed by atoms with van der Waals surface area (Å²) in [7, 11) is 1.56. The molecule has 6 atom stereocenters. The van der Waals surface area contributed by atoms with Crippen molar-refractivity contribution in [3.63, 3.8) is 0 Å². The minimum atomic E-state index is -1.39. The zero-order chi connectivity index (χ0) is 46.0. The van der Waals surface area contributed by atoms with Crippen molar-refractivity contribution in [3.05, 3.63) is 108 Å². The molecular weight excluding hydrogens is 840 g/mol. The Labute approximate surface area is 391 Å². The number of allylic oxidation sites excluding steroid dienone is 1. The number of carbonyl (C=O) groups is 1. The third kappa shape index (κ3) is 12.8. The number of hydrogen-bond donors (Lipinski definition) is 2. The number of aliphatic hydroxyl groups excluding tert-OH is 2. The highest BCUT2D eigenvalue weighted by atomic mass is 32.2. The normalized spacial score (nSPS) is 22.6. The molecule has 3 aromatic rings. The summed E-state index contributed by atoms with van der Waals surface area (Å²) in [5.74, 6) is -0.138. The number of rotatable bonds is 28. The van der Waals surface area contributed by atoms with Crippen LogP contribution < -0.4 is 9.47 Å². The van der Waals surface area contributed by atoms with E-state index in [0.29, 0.717) is 37.2 Å². The zero-order valence-corrected chi connectivity index (χ0v) is 39.9. The second-order valence-corrected chi connectivity index (χ2v) is 18.8. The predicted molar refractivity (Wildman–Crippen MR) is 259 cm³/mol. The van der Waals surface area contributed by atoms with Crippen LogP contribution in [0.2, 0.25) is 0 Å². The number of oxime groups is 1. The molecule has 0 spiro atoms. The van der Waals surface area contributed by atoms with Crippen LogP contribution in [0.4, 0.5) is 4.39 Å². The highest BCUT2D eigenvalue weighted by Crippen LogP contribution is 2.62. The Kier molecular flexibility index (Phi) is 19.8. The van der Waals surface area contributed by atoms with Gasteiger partial charge in [0.05, 0.1) is 18.2 Å². The summed E-state index contributed by atoms with van der Waals surface area (Å²) in [6.07, 6.45) is 21.7. The van der Waals surface area contributed by atoms with Gasteiger partial charge in [-0.05, 0) is 116 Å². The van der Waals surface area contributed by atoms with Gasteiger partial charge in [0.25, 0.3) is 0 Å². The molecule has 1 heterocycles. The Hall–Kier alpha value is -4.16. The molecule has 1 fully saturated rings. The van der Waals surface area contributed by atoms with Crippen molar-refractivity contribution in [2.24, 2.45) is 22.9 Å². The van der Waals surface area contributed by atoms with Crippen molar-refractivity contribution >= 4 is 23.4 Å². The summed E-state index contributed by atoms with van der Waals surface area (Å²) >= 11 is 1.68. The monoisotopic (exact) mass is 913 g/mol. The molecule has 2 aliphatic carbocycles. The van der Waals surface area contributed by atoms with E-state index in [4.69, 9.17) is 24.2 Å². The van der Waals surface area contributed by atoms with Gasteiger partial charge < -0.3 is 34.2 Å². The number of halogens is 1. The number of hydrogen-bond acceptors (Lipinski definition) is 9. The quantitative estimate of drug-likeness (QED) is 0.0321. The minimum Gasteiger partial charge on any atom is -0.459 e. The van der Waals surface area contributed by atoms with Crippen LogP contribution in [-0.4, -0.2) is 71.7 Å². The van der Waals surface area contributed by atoms with E-state index in [2.05, 4.69) is 25.6 Å². The number of unbranched alkanes of at least 4 members (excludes halogenated alkanes) is 10. The van der Waals surface area contributed by atoms with Crippen LogP contribution in [0.15, 0.2) is 101 Å². The topological polar surface area (TPSA) is 110 Å². The van der Waals surface area contributed by atoms with Gasteiger partial charge in [-0.15, -0.1) is 18.3 Å². The summed E-state index contributed by atoms with van der Waals surface area (Å²) in [5, 5.41) is 24.7. The molecule has 9 nitrogen and oxygen atoms in total. The molecule has 11 heteroatoms. The first-order valence-corrected chi connectivity index (χ1v) is 25.5. The zero-order valence-electron chi connectivity index (χ0n) is 39.1. The van der Waals surface area contributed by atoms with Crippen LogP contribution in [0.25, 0.3) is 0 Å². The summed E-state index contributed by atoms with van der Waals surface area (Å²) in [5.41, 5.74) is 3.50. The molecule has 1 saturated carbocycles. The molecule has 1 amide bonds. The maximum Gasteiger partial charge on any atom is 0.239 e. The van der Waals surface area contributed by atoms with Gasteiger partial charge in [0.15, 0.2) is 0 Å². The Morgan fingerprint density at radius 2 is 1.58 bits per heavy atom. The van der Waals surface area contributed by atoms with Gasteiger partial charge in [-0.3, -0.25) is 4.79 Å².